The second-order valence-corrected chi connectivity index (χ2v) is 7.99. The molecule has 0 aliphatic carbocycles. The van der Waals surface area contributed by atoms with Crippen molar-refractivity contribution in [3.63, 3.8) is 0 Å². The van der Waals surface area contributed by atoms with Gasteiger partial charge in [0.05, 0.1) is 22.0 Å². The third kappa shape index (κ3) is 4.70. The van der Waals surface area contributed by atoms with Gasteiger partial charge in [-0.1, -0.05) is 11.3 Å². The maximum atomic E-state index is 11.6. The molecule has 31 heavy (non-hydrogen) atoms. The Balaban J connectivity index is 0.00000272. The fourth-order valence-corrected chi connectivity index (χ4v) is 3.87. The highest BCUT2D eigenvalue weighted by Crippen LogP contribution is 2.35. The Labute approximate surface area is 187 Å². The van der Waals surface area contributed by atoms with Crippen molar-refractivity contribution in [3.05, 3.63) is 35.9 Å². The van der Waals surface area contributed by atoms with Crippen LogP contribution >= 0.6 is 23.7 Å². The highest BCUT2D eigenvalue weighted by Gasteiger charge is 2.15. The Hall–Kier alpha value is -3.37. The van der Waals surface area contributed by atoms with E-state index in [4.69, 9.17) is 10.5 Å². The summed E-state index contributed by atoms with van der Waals surface area (Å²) in [5.41, 5.74) is 8.51. The SMILES string of the molecule is CC(=O)Nc1nc2c(ccc3sc(Nc4cc(C(N)=O)ccc4OC(C)C)nc32)[nH]1.Cl. The predicted octanol–water partition coefficient (Wildman–Crippen LogP) is 4.18. The first-order valence-electron chi connectivity index (χ1n) is 9.24. The van der Waals surface area contributed by atoms with Crippen molar-refractivity contribution < 1.29 is 14.3 Å². The first kappa shape index (κ1) is 22.3. The predicted molar refractivity (Wildman–Crippen MR) is 125 cm³/mol. The smallest absolute Gasteiger partial charge is 0.248 e. The topological polar surface area (TPSA) is 135 Å². The summed E-state index contributed by atoms with van der Waals surface area (Å²) in [5, 5.41) is 6.48. The summed E-state index contributed by atoms with van der Waals surface area (Å²) in [6.45, 7) is 5.26. The van der Waals surface area contributed by atoms with Gasteiger partial charge in [-0.05, 0) is 44.2 Å². The van der Waals surface area contributed by atoms with Crippen LogP contribution in [0.25, 0.3) is 21.3 Å². The van der Waals surface area contributed by atoms with E-state index in [1.54, 1.807) is 18.2 Å². The number of carbonyl (C=O) groups excluding carboxylic acids is 2. The van der Waals surface area contributed by atoms with Crippen LogP contribution in [0.1, 0.15) is 31.1 Å². The van der Waals surface area contributed by atoms with Gasteiger partial charge >= 0.3 is 0 Å². The van der Waals surface area contributed by atoms with Gasteiger partial charge in [0.25, 0.3) is 0 Å². The normalized spacial score (nSPS) is 10.8. The number of nitrogens with two attached hydrogens (primary N) is 1. The minimum atomic E-state index is -0.526. The van der Waals surface area contributed by atoms with Crippen molar-refractivity contribution in [1.82, 2.24) is 15.0 Å². The first-order valence-corrected chi connectivity index (χ1v) is 10.1. The number of H-pyrrole nitrogens is 1. The number of amides is 2. The number of hydrogen-bond donors (Lipinski definition) is 4. The van der Waals surface area contributed by atoms with Crippen LogP contribution in [0.4, 0.5) is 16.8 Å². The molecule has 2 aromatic heterocycles. The largest absolute Gasteiger partial charge is 0.489 e. The Bertz CT molecular complexity index is 1280. The number of benzene rings is 2. The lowest BCUT2D eigenvalue weighted by molar-refractivity contribution is -0.114. The number of nitrogens with zero attached hydrogens (tertiary/aromatic N) is 2. The summed E-state index contributed by atoms with van der Waals surface area (Å²) < 4.78 is 6.76. The number of halogens is 1. The third-order valence-corrected chi connectivity index (χ3v) is 5.11. The molecule has 0 atom stereocenters. The van der Waals surface area contributed by atoms with Gasteiger partial charge in [-0.25, -0.2) is 9.97 Å². The molecule has 9 nitrogen and oxygen atoms in total. The number of aromatic amines is 1. The fourth-order valence-electron chi connectivity index (χ4n) is 2.99. The number of rotatable bonds is 6. The molecule has 4 aromatic rings. The third-order valence-electron chi connectivity index (χ3n) is 4.17. The molecule has 0 aliphatic heterocycles. The van der Waals surface area contributed by atoms with E-state index >= 15 is 0 Å². The van der Waals surface area contributed by atoms with E-state index in [0.717, 1.165) is 10.2 Å². The number of imidazole rings is 1. The summed E-state index contributed by atoms with van der Waals surface area (Å²) >= 11 is 1.44. The van der Waals surface area contributed by atoms with Gasteiger partial charge in [0, 0.05) is 12.5 Å². The quantitative estimate of drug-likeness (QED) is 0.341. The molecular formula is C20H21ClN6O3S. The van der Waals surface area contributed by atoms with E-state index in [2.05, 4.69) is 25.6 Å². The summed E-state index contributed by atoms with van der Waals surface area (Å²) in [7, 11) is 0. The summed E-state index contributed by atoms with van der Waals surface area (Å²) in [4.78, 5) is 35.1. The molecule has 0 saturated heterocycles. The van der Waals surface area contributed by atoms with Gasteiger partial charge < -0.3 is 20.8 Å². The van der Waals surface area contributed by atoms with Gasteiger partial charge in [0.15, 0.2) is 5.13 Å². The van der Waals surface area contributed by atoms with Crippen molar-refractivity contribution in [3.8, 4) is 5.75 Å². The minimum absolute atomic E-state index is 0. The summed E-state index contributed by atoms with van der Waals surface area (Å²) in [6, 6.07) is 8.80. The maximum Gasteiger partial charge on any atom is 0.248 e. The van der Waals surface area contributed by atoms with Crippen LogP contribution in [0.15, 0.2) is 30.3 Å². The van der Waals surface area contributed by atoms with Crippen molar-refractivity contribution in [2.24, 2.45) is 5.73 Å². The molecule has 4 rings (SSSR count). The number of anilines is 3. The summed E-state index contributed by atoms with van der Waals surface area (Å²) in [6.07, 6.45) is -0.0452. The van der Waals surface area contributed by atoms with Crippen LogP contribution in [0.2, 0.25) is 0 Å². The van der Waals surface area contributed by atoms with Crippen LogP contribution < -0.4 is 21.1 Å². The number of ether oxygens (including phenoxy) is 1. The lowest BCUT2D eigenvalue weighted by Gasteiger charge is -2.15. The number of hydrogen-bond acceptors (Lipinski definition) is 7. The monoisotopic (exact) mass is 460 g/mol. The number of nitrogens with one attached hydrogen (secondary N) is 3. The zero-order valence-electron chi connectivity index (χ0n) is 17.0. The van der Waals surface area contributed by atoms with Gasteiger partial charge in [-0.15, -0.1) is 12.4 Å². The lowest BCUT2D eigenvalue weighted by Crippen LogP contribution is -2.12. The molecule has 2 heterocycles. The second-order valence-electron chi connectivity index (χ2n) is 6.96. The molecule has 162 valence electrons. The lowest BCUT2D eigenvalue weighted by atomic mass is 10.1. The molecule has 0 fully saturated rings. The zero-order valence-corrected chi connectivity index (χ0v) is 18.6. The van der Waals surface area contributed by atoms with E-state index in [1.807, 2.05) is 26.0 Å². The average molecular weight is 461 g/mol. The molecule has 2 aromatic carbocycles. The van der Waals surface area contributed by atoms with Crippen LogP contribution in [0.3, 0.4) is 0 Å². The van der Waals surface area contributed by atoms with E-state index in [0.29, 0.717) is 39.1 Å². The molecule has 0 bridgehead atoms. The van der Waals surface area contributed by atoms with E-state index in [9.17, 15) is 9.59 Å². The summed E-state index contributed by atoms with van der Waals surface area (Å²) in [5.74, 6) is 0.224. The highest BCUT2D eigenvalue weighted by molar-refractivity contribution is 7.22. The second kappa shape index (κ2) is 8.78. The van der Waals surface area contributed by atoms with Gasteiger partial charge in [0.1, 0.15) is 16.8 Å². The van der Waals surface area contributed by atoms with Crippen molar-refractivity contribution >= 4 is 73.6 Å². The Morgan fingerprint density at radius 2 is 1.94 bits per heavy atom. The molecule has 0 spiro atoms. The van der Waals surface area contributed by atoms with Gasteiger partial charge in [-0.3, -0.25) is 14.9 Å². The van der Waals surface area contributed by atoms with Gasteiger partial charge in [0.2, 0.25) is 17.8 Å². The van der Waals surface area contributed by atoms with E-state index in [-0.39, 0.29) is 24.4 Å². The fraction of sp³-hybridized carbons (Fsp3) is 0.200. The minimum Gasteiger partial charge on any atom is -0.489 e. The Morgan fingerprint density at radius 3 is 2.61 bits per heavy atom. The number of fused-ring (bicyclic) bond motifs is 3. The number of primary amides is 1. The van der Waals surface area contributed by atoms with Crippen LogP contribution in [0.5, 0.6) is 5.75 Å². The molecule has 11 heteroatoms. The Morgan fingerprint density at radius 1 is 1.16 bits per heavy atom. The number of carbonyl (C=O) groups is 2. The van der Waals surface area contributed by atoms with Crippen molar-refractivity contribution in [1.29, 1.82) is 0 Å². The van der Waals surface area contributed by atoms with Gasteiger partial charge in [-0.2, -0.15) is 0 Å². The van der Waals surface area contributed by atoms with Crippen molar-refractivity contribution in [2.75, 3.05) is 10.6 Å². The van der Waals surface area contributed by atoms with Crippen LogP contribution in [-0.2, 0) is 4.79 Å². The maximum absolute atomic E-state index is 11.6. The van der Waals surface area contributed by atoms with Crippen LogP contribution in [-0.4, -0.2) is 32.9 Å². The van der Waals surface area contributed by atoms with Crippen LogP contribution in [0, 0.1) is 0 Å². The molecular weight excluding hydrogens is 440 g/mol. The first-order chi connectivity index (χ1) is 14.3. The van der Waals surface area contributed by atoms with E-state index < -0.39 is 5.91 Å². The molecule has 0 saturated carbocycles. The highest BCUT2D eigenvalue weighted by atomic mass is 35.5. The molecule has 0 aliphatic rings. The zero-order chi connectivity index (χ0) is 21.4. The van der Waals surface area contributed by atoms with Crippen molar-refractivity contribution in [2.45, 2.75) is 26.9 Å². The molecule has 0 unspecified atom stereocenters. The number of aromatic nitrogens is 3. The number of thiazole rings is 1. The standard InChI is InChI=1S/C20H20N6O3S.ClH/c1-9(2)29-14-6-4-11(18(21)28)8-13(14)24-20-26-17-15(30-20)7-5-12-16(17)25-19(23-12)22-10(3)27;/h4-9H,1-3H3,(H2,21,28)(H,24,26)(H2,22,23,25,27);1H. The molecule has 0 radical (unpaired) electrons. The molecule has 2 amide bonds. The van der Waals surface area contributed by atoms with E-state index in [1.165, 1.54) is 18.3 Å². The molecule has 5 N–H and O–H groups in total. The average Bonchev–Trinajstić information content (AvgIpc) is 3.24. The Kier molecular flexibility index (Phi) is 6.32.